The highest BCUT2D eigenvalue weighted by Gasteiger charge is 2.22. The molecule has 0 N–H and O–H groups in total. The Bertz CT molecular complexity index is 729. The van der Waals surface area contributed by atoms with E-state index in [1.54, 1.807) is 0 Å². The second-order valence-electron chi connectivity index (χ2n) is 7.10. The van der Waals surface area contributed by atoms with Gasteiger partial charge in [0.1, 0.15) is 0 Å². The summed E-state index contributed by atoms with van der Waals surface area (Å²) in [5, 5.41) is 0. The summed E-state index contributed by atoms with van der Waals surface area (Å²) in [7, 11) is 0. The van der Waals surface area contributed by atoms with Crippen LogP contribution in [0.1, 0.15) is 71.9 Å². The van der Waals surface area contributed by atoms with Gasteiger partial charge in [-0.1, -0.05) is 0 Å². The fraction of sp³-hybridized carbons (Fsp3) is 0.400. The van der Waals surface area contributed by atoms with E-state index in [4.69, 9.17) is 38.5 Å². The fourth-order valence-corrected chi connectivity index (χ4v) is 4.09. The van der Waals surface area contributed by atoms with E-state index in [1.165, 1.54) is 33.4 Å². The highest BCUT2D eigenvalue weighted by Crippen LogP contribution is 2.34. The van der Waals surface area contributed by atoms with Gasteiger partial charge in [-0.25, -0.2) is 0 Å². The van der Waals surface area contributed by atoms with E-state index in [0.29, 0.717) is 38.5 Å². The minimum Gasteiger partial charge on any atom is -0.120 e. The molecule has 1 aromatic carbocycles. The van der Waals surface area contributed by atoms with Crippen molar-refractivity contribution in [2.45, 2.75) is 77.0 Å². The predicted octanol–water partition coefficient (Wildman–Crippen LogP) is 5.08. The summed E-state index contributed by atoms with van der Waals surface area (Å²) < 4.78 is 0. The smallest absolute Gasteiger partial charge is 0.0127 e. The van der Waals surface area contributed by atoms with Gasteiger partial charge in [0.25, 0.3) is 0 Å². The normalized spacial score (nSPS) is 9.40. The summed E-state index contributed by atoms with van der Waals surface area (Å²) in [6, 6.07) is 0. The Morgan fingerprint density at radius 3 is 0.533 bits per heavy atom. The second kappa shape index (κ2) is 14.6. The Morgan fingerprint density at radius 2 is 0.433 bits per heavy atom. The lowest BCUT2D eigenvalue weighted by molar-refractivity contribution is 0.812. The van der Waals surface area contributed by atoms with Gasteiger partial charge >= 0.3 is 0 Å². The molecule has 0 radical (unpaired) electrons. The maximum atomic E-state index is 5.62. The summed E-state index contributed by atoms with van der Waals surface area (Å²) in [5.41, 5.74) is 7.76. The second-order valence-corrected chi connectivity index (χ2v) is 7.10. The molecule has 0 heteroatoms. The summed E-state index contributed by atoms with van der Waals surface area (Å²) in [4.78, 5) is 0. The molecule has 0 fully saturated rings. The Labute approximate surface area is 184 Å². The Morgan fingerprint density at radius 1 is 0.300 bits per heavy atom. The molecule has 0 aliphatic heterocycles. The molecule has 0 amide bonds. The average Bonchev–Trinajstić information content (AvgIpc) is 2.76. The molecule has 30 heavy (non-hydrogen) atoms. The number of rotatable bonds is 12. The Hall–Kier alpha value is -3.42. The minimum atomic E-state index is 0.666. The third kappa shape index (κ3) is 6.88. The topological polar surface area (TPSA) is 0 Å². The van der Waals surface area contributed by atoms with Gasteiger partial charge in [0.2, 0.25) is 0 Å². The summed E-state index contributed by atoms with van der Waals surface area (Å²) in [6.45, 7) is 0. The molecule has 0 heterocycles. The zero-order chi connectivity index (χ0) is 22.2. The van der Waals surface area contributed by atoms with Crippen LogP contribution in [0.2, 0.25) is 0 Å². The van der Waals surface area contributed by atoms with Crippen LogP contribution >= 0.6 is 0 Å². The van der Waals surface area contributed by atoms with Crippen LogP contribution in [0.5, 0.6) is 0 Å². The van der Waals surface area contributed by atoms with E-state index in [0.717, 1.165) is 38.5 Å². The van der Waals surface area contributed by atoms with E-state index < -0.39 is 0 Å². The Balaban J connectivity index is 3.91. The monoisotopic (exact) mass is 390 g/mol. The summed E-state index contributed by atoms with van der Waals surface area (Å²) in [6.07, 6.45) is 42.5. The SMILES string of the molecule is C#CCCc1c(CCC#C)c(CCC#C)c(CCC#C)c(CCC#C)c1CCC#C. The third-order valence-corrected chi connectivity index (χ3v) is 5.30. The molecule has 0 nitrogen and oxygen atoms in total. The zero-order valence-corrected chi connectivity index (χ0v) is 17.9. The van der Waals surface area contributed by atoms with Crippen LogP contribution in [0.3, 0.4) is 0 Å². The van der Waals surface area contributed by atoms with E-state index in [1.807, 2.05) is 0 Å². The molecule has 0 saturated carbocycles. The van der Waals surface area contributed by atoms with Crippen molar-refractivity contribution in [2.24, 2.45) is 0 Å². The number of terminal acetylenes is 6. The molecule has 1 rings (SSSR count). The molecule has 150 valence electrons. The van der Waals surface area contributed by atoms with E-state index >= 15 is 0 Å². The van der Waals surface area contributed by atoms with Gasteiger partial charge < -0.3 is 0 Å². The van der Waals surface area contributed by atoms with Crippen molar-refractivity contribution in [1.82, 2.24) is 0 Å². The fourth-order valence-electron chi connectivity index (χ4n) is 4.09. The largest absolute Gasteiger partial charge is 0.120 e. The molecule has 0 aliphatic rings. The van der Waals surface area contributed by atoms with Gasteiger partial charge in [-0.2, -0.15) is 0 Å². The molecule has 0 aliphatic carbocycles. The zero-order valence-electron chi connectivity index (χ0n) is 17.9. The first-order valence-electron chi connectivity index (χ1n) is 10.5. The maximum Gasteiger partial charge on any atom is 0.0127 e. The van der Waals surface area contributed by atoms with Gasteiger partial charge in [0.15, 0.2) is 0 Å². The van der Waals surface area contributed by atoms with Crippen molar-refractivity contribution < 1.29 is 0 Å². The van der Waals surface area contributed by atoms with Crippen molar-refractivity contribution in [1.29, 1.82) is 0 Å². The first kappa shape index (κ1) is 24.6. The third-order valence-electron chi connectivity index (χ3n) is 5.30. The van der Waals surface area contributed by atoms with Crippen LogP contribution in [-0.2, 0) is 38.5 Å². The number of benzene rings is 1. The van der Waals surface area contributed by atoms with E-state index in [-0.39, 0.29) is 0 Å². The van der Waals surface area contributed by atoms with Crippen molar-refractivity contribution in [2.75, 3.05) is 0 Å². The van der Waals surface area contributed by atoms with Crippen LogP contribution in [0, 0.1) is 74.1 Å². The highest BCUT2D eigenvalue weighted by atomic mass is 14.3. The summed E-state index contributed by atoms with van der Waals surface area (Å²) >= 11 is 0. The van der Waals surface area contributed by atoms with Crippen molar-refractivity contribution in [3.8, 4) is 74.1 Å². The molecule has 0 unspecified atom stereocenters. The molecule has 1 aromatic rings. The van der Waals surface area contributed by atoms with Gasteiger partial charge in [0, 0.05) is 38.5 Å². The van der Waals surface area contributed by atoms with Gasteiger partial charge in [-0.15, -0.1) is 74.1 Å². The lowest BCUT2D eigenvalue weighted by Crippen LogP contribution is -2.15. The molecule has 0 aromatic heterocycles. The standard InChI is InChI=1S/C30H30/c1-7-13-19-25-26(20-14-8-2)28(22-16-10-4)30(24-18-12-6)29(23-17-11-5)27(25)21-15-9-3/h1-6H,13-24H2. The van der Waals surface area contributed by atoms with Crippen molar-refractivity contribution >= 4 is 0 Å². The van der Waals surface area contributed by atoms with Crippen LogP contribution < -0.4 is 0 Å². The van der Waals surface area contributed by atoms with Crippen LogP contribution in [0.4, 0.5) is 0 Å². The highest BCUT2D eigenvalue weighted by molar-refractivity contribution is 5.54. The van der Waals surface area contributed by atoms with Crippen LogP contribution in [0.15, 0.2) is 0 Å². The molecule has 0 atom stereocenters. The molecular weight excluding hydrogens is 360 g/mol. The molecule has 0 bridgehead atoms. The van der Waals surface area contributed by atoms with Gasteiger partial charge in [-0.05, 0) is 71.9 Å². The number of hydrogen-bond donors (Lipinski definition) is 0. The predicted molar refractivity (Wildman–Crippen MR) is 129 cm³/mol. The lowest BCUT2D eigenvalue weighted by Gasteiger charge is -2.26. The quantitative estimate of drug-likeness (QED) is 0.437. The Kier molecular flexibility index (Phi) is 11.9. The average molecular weight is 391 g/mol. The first-order chi connectivity index (χ1) is 14.7. The summed E-state index contributed by atoms with van der Waals surface area (Å²) in [5.74, 6) is 16.7. The lowest BCUT2D eigenvalue weighted by atomic mass is 9.78. The van der Waals surface area contributed by atoms with Gasteiger partial charge in [0.05, 0.1) is 0 Å². The maximum absolute atomic E-state index is 5.62. The number of hydrogen-bond acceptors (Lipinski definition) is 0. The molecule has 0 saturated heterocycles. The van der Waals surface area contributed by atoms with Crippen LogP contribution in [0.25, 0.3) is 0 Å². The van der Waals surface area contributed by atoms with Crippen LogP contribution in [-0.4, -0.2) is 0 Å². The molecular formula is C30H30. The minimum absolute atomic E-state index is 0.666. The van der Waals surface area contributed by atoms with Gasteiger partial charge in [-0.3, -0.25) is 0 Å². The van der Waals surface area contributed by atoms with Crippen molar-refractivity contribution in [3.05, 3.63) is 33.4 Å². The van der Waals surface area contributed by atoms with E-state index in [2.05, 4.69) is 35.5 Å². The first-order valence-corrected chi connectivity index (χ1v) is 10.5. The molecule has 0 spiro atoms. The van der Waals surface area contributed by atoms with E-state index in [9.17, 15) is 0 Å². The van der Waals surface area contributed by atoms with Crippen molar-refractivity contribution in [3.63, 3.8) is 0 Å².